The summed E-state index contributed by atoms with van der Waals surface area (Å²) in [4.78, 5) is 28.8. The van der Waals surface area contributed by atoms with Crippen LogP contribution in [0.3, 0.4) is 0 Å². The largest absolute Gasteiger partial charge is 0.476 e. The van der Waals surface area contributed by atoms with E-state index in [0.717, 1.165) is 19.4 Å². The zero-order chi connectivity index (χ0) is 16.3. The maximum absolute atomic E-state index is 11.8. The molecule has 1 atom stereocenters. The summed E-state index contributed by atoms with van der Waals surface area (Å²) < 4.78 is 5.26. The van der Waals surface area contributed by atoms with E-state index < -0.39 is 17.7 Å². The number of carbonyl (C=O) groups is 2. The number of thiazole rings is 1. The number of carbonyl (C=O) groups excluding carboxylic acids is 1. The number of hydrogen-bond donors (Lipinski definition) is 2. The number of anilines is 1. The summed E-state index contributed by atoms with van der Waals surface area (Å²) in [6, 6.07) is -0.0271. The van der Waals surface area contributed by atoms with Gasteiger partial charge in [0, 0.05) is 24.5 Å². The van der Waals surface area contributed by atoms with Crippen molar-refractivity contribution >= 4 is 28.5 Å². The molecule has 2 N–H and O–H groups in total. The van der Waals surface area contributed by atoms with Crippen LogP contribution in [-0.4, -0.2) is 46.9 Å². The maximum atomic E-state index is 11.8. The Balaban J connectivity index is 1.93. The van der Waals surface area contributed by atoms with Crippen LogP contribution < -0.4 is 10.2 Å². The van der Waals surface area contributed by atoms with Gasteiger partial charge in [-0.3, -0.25) is 0 Å². The SMILES string of the molecule is CC(C)(C)OC(=O)N[C@@H]1CCCN(c2nc(C(=O)O)cs2)C1. The third-order valence-corrected chi connectivity index (χ3v) is 4.03. The second-order valence-corrected chi connectivity index (χ2v) is 7.09. The van der Waals surface area contributed by atoms with Gasteiger partial charge in [0.05, 0.1) is 0 Å². The molecule has 1 amide bonds. The summed E-state index contributed by atoms with van der Waals surface area (Å²) in [7, 11) is 0. The molecule has 8 heteroatoms. The van der Waals surface area contributed by atoms with Crippen LogP contribution in [0.1, 0.15) is 44.1 Å². The van der Waals surface area contributed by atoms with Gasteiger partial charge in [0.15, 0.2) is 10.8 Å². The Morgan fingerprint density at radius 2 is 2.23 bits per heavy atom. The van der Waals surface area contributed by atoms with Crippen LogP contribution in [0.4, 0.5) is 9.93 Å². The average molecular weight is 327 g/mol. The number of carboxylic acids is 1. The molecule has 0 saturated carbocycles. The number of hydrogen-bond acceptors (Lipinski definition) is 6. The molecule has 1 saturated heterocycles. The first-order valence-electron chi connectivity index (χ1n) is 7.18. The highest BCUT2D eigenvalue weighted by Crippen LogP contribution is 2.24. The minimum Gasteiger partial charge on any atom is -0.476 e. The van der Waals surface area contributed by atoms with Gasteiger partial charge in [-0.15, -0.1) is 11.3 Å². The van der Waals surface area contributed by atoms with E-state index in [0.29, 0.717) is 11.7 Å². The van der Waals surface area contributed by atoms with E-state index >= 15 is 0 Å². The Labute approximate surface area is 133 Å². The number of amides is 1. The van der Waals surface area contributed by atoms with Crippen molar-refractivity contribution in [3.8, 4) is 0 Å². The third kappa shape index (κ3) is 4.59. The van der Waals surface area contributed by atoms with Crippen LogP contribution in [0.25, 0.3) is 0 Å². The van der Waals surface area contributed by atoms with Crippen LogP contribution in [0.15, 0.2) is 5.38 Å². The lowest BCUT2D eigenvalue weighted by Crippen LogP contribution is -2.49. The van der Waals surface area contributed by atoms with Crippen LogP contribution in [0, 0.1) is 0 Å². The minimum atomic E-state index is -1.03. The lowest BCUT2D eigenvalue weighted by atomic mass is 10.1. The van der Waals surface area contributed by atoms with Gasteiger partial charge in [0.25, 0.3) is 0 Å². The monoisotopic (exact) mass is 327 g/mol. The molecule has 1 aliphatic rings. The number of nitrogens with one attached hydrogen (secondary N) is 1. The molecule has 0 aromatic carbocycles. The number of aromatic nitrogens is 1. The Bertz CT molecular complexity index is 553. The summed E-state index contributed by atoms with van der Waals surface area (Å²) in [5.74, 6) is -1.03. The fourth-order valence-electron chi connectivity index (χ4n) is 2.25. The maximum Gasteiger partial charge on any atom is 0.407 e. The third-order valence-electron chi connectivity index (χ3n) is 3.12. The first-order chi connectivity index (χ1) is 10.2. The number of aromatic carboxylic acids is 1. The van der Waals surface area contributed by atoms with Gasteiger partial charge in [0.1, 0.15) is 5.60 Å². The smallest absolute Gasteiger partial charge is 0.407 e. The van der Waals surface area contributed by atoms with Gasteiger partial charge >= 0.3 is 12.1 Å². The topological polar surface area (TPSA) is 91.8 Å². The Morgan fingerprint density at radius 3 is 2.82 bits per heavy atom. The van der Waals surface area contributed by atoms with Crippen molar-refractivity contribution < 1.29 is 19.4 Å². The summed E-state index contributed by atoms with van der Waals surface area (Å²) in [5.41, 5.74) is -0.466. The number of carboxylic acid groups (broad SMARTS) is 1. The molecule has 0 unspecified atom stereocenters. The highest BCUT2D eigenvalue weighted by Gasteiger charge is 2.26. The Morgan fingerprint density at radius 1 is 1.50 bits per heavy atom. The molecule has 1 aromatic rings. The molecule has 0 spiro atoms. The molecule has 22 heavy (non-hydrogen) atoms. The number of ether oxygens (including phenoxy) is 1. The van der Waals surface area contributed by atoms with E-state index in [9.17, 15) is 9.59 Å². The van der Waals surface area contributed by atoms with E-state index in [1.54, 1.807) is 0 Å². The molecule has 1 aliphatic heterocycles. The molecule has 122 valence electrons. The lowest BCUT2D eigenvalue weighted by molar-refractivity contribution is 0.0499. The minimum absolute atomic E-state index is 0.0271. The van der Waals surface area contributed by atoms with Gasteiger partial charge in [-0.05, 0) is 33.6 Å². The summed E-state index contributed by atoms with van der Waals surface area (Å²) >= 11 is 1.31. The molecule has 0 bridgehead atoms. The second kappa shape index (κ2) is 6.51. The van der Waals surface area contributed by atoms with Crippen LogP contribution in [0.5, 0.6) is 0 Å². The summed E-state index contributed by atoms with van der Waals surface area (Å²) in [6.45, 7) is 6.87. The number of nitrogens with zero attached hydrogens (tertiary/aromatic N) is 2. The number of piperidine rings is 1. The van der Waals surface area contributed by atoms with E-state index in [1.807, 2.05) is 25.7 Å². The second-order valence-electron chi connectivity index (χ2n) is 6.25. The molecular weight excluding hydrogens is 306 g/mol. The first-order valence-corrected chi connectivity index (χ1v) is 8.06. The van der Waals surface area contributed by atoms with Crippen molar-refractivity contribution in [2.45, 2.75) is 45.3 Å². The van der Waals surface area contributed by atoms with Gasteiger partial charge in [0.2, 0.25) is 0 Å². The van der Waals surface area contributed by atoms with Gasteiger partial charge in [-0.2, -0.15) is 0 Å². The predicted molar refractivity (Wildman–Crippen MR) is 83.7 cm³/mol. The van der Waals surface area contributed by atoms with Crippen molar-refractivity contribution in [3.05, 3.63) is 11.1 Å². The van der Waals surface area contributed by atoms with Crippen LogP contribution >= 0.6 is 11.3 Å². The highest BCUT2D eigenvalue weighted by atomic mass is 32.1. The standard InChI is InChI=1S/C14H21N3O4S/c1-14(2,3)21-13(20)15-9-5-4-6-17(7-9)12-16-10(8-22-12)11(18)19/h8-9H,4-7H2,1-3H3,(H,15,20)(H,18,19)/t9-/m1/s1. The molecule has 1 aromatic heterocycles. The first kappa shape index (κ1) is 16.5. The van der Waals surface area contributed by atoms with Crippen molar-refractivity contribution in [2.24, 2.45) is 0 Å². The van der Waals surface area contributed by atoms with Crippen molar-refractivity contribution in [1.82, 2.24) is 10.3 Å². The fraction of sp³-hybridized carbons (Fsp3) is 0.643. The van der Waals surface area contributed by atoms with E-state index in [1.165, 1.54) is 16.7 Å². The van der Waals surface area contributed by atoms with Gasteiger partial charge in [-0.25, -0.2) is 14.6 Å². The molecule has 0 radical (unpaired) electrons. The predicted octanol–water partition coefficient (Wildman–Crippen LogP) is 2.33. The van der Waals surface area contributed by atoms with Gasteiger partial charge < -0.3 is 20.1 Å². The van der Waals surface area contributed by atoms with Crippen molar-refractivity contribution in [1.29, 1.82) is 0 Å². The van der Waals surface area contributed by atoms with E-state index in [-0.39, 0.29) is 11.7 Å². The molecule has 1 fully saturated rings. The zero-order valence-electron chi connectivity index (χ0n) is 13.0. The lowest BCUT2D eigenvalue weighted by Gasteiger charge is -2.33. The van der Waals surface area contributed by atoms with E-state index in [4.69, 9.17) is 9.84 Å². The molecule has 7 nitrogen and oxygen atoms in total. The molecular formula is C14H21N3O4S. The molecule has 2 rings (SSSR count). The Kier molecular flexibility index (Phi) is 4.90. The van der Waals surface area contributed by atoms with Crippen LogP contribution in [-0.2, 0) is 4.74 Å². The normalized spacial score (nSPS) is 18.9. The number of rotatable bonds is 3. The highest BCUT2D eigenvalue weighted by molar-refractivity contribution is 7.13. The van der Waals surface area contributed by atoms with Crippen LogP contribution in [0.2, 0.25) is 0 Å². The summed E-state index contributed by atoms with van der Waals surface area (Å²) in [5, 5.41) is 14.0. The molecule has 0 aliphatic carbocycles. The van der Waals surface area contributed by atoms with Gasteiger partial charge in [-0.1, -0.05) is 0 Å². The summed E-state index contributed by atoms with van der Waals surface area (Å²) in [6.07, 6.45) is 1.35. The Hall–Kier alpha value is -1.83. The average Bonchev–Trinajstić information content (AvgIpc) is 2.86. The quantitative estimate of drug-likeness (QED) is 0.885. The molecule has 2 heterocycles. The van der Waals surface area contributed by atoms with E-state index in [2.05, 4.69) is 10.3 Å². The number of alkyl carbamates (subject to hydrolysis) is 1. The van der Waals surface area contributed by atoms with Crippen molar-refractivity contribution in [3.63, 3.8) is 0 Å². The van der Waals surface area contributed by atoms with Crippen molar-refractivity contribution in [2.75, 3.05) is 18.0 Å². The fourth-order valence-corrected chi connectivity index (χ4v) is 3.09. The zero-order valence-corrected chi connectivity index (χ0v) is 13.8.